The fourth-order valence-electron chi connectivity index (χ4n) is 2.20. The van der Waals surface area contributed by atoms with E-state index < -0.39 is 5.97 Å². The molecular formula is C14H24N2O3. The number of hydrogen-bond acceptors (Lipinski definition) is 3. The molecule has 0 bridgehead atoms. The number of carboxylic acid groups (broad SMARTS) is 1. The number of piperidine rings is 1. The van der Waals surface area contributed by atoms with Crippen LogP contribution in [0.2, 0.25) is 0 Å². The molecular weight excluding hydrogens is 244 g/mol. The van der Waals surface area contributed by atoms with E-state index in [0.717, 1.165) is 19.5 Å². The Kier molecular flexibility index (Phi) is 6.02. The summed E-state index contributed by atoms with van der Waals surface area (Å²) in [4.78, 5) is 24.8. The van der Waals surface area contributed by atoms with Gasteiger partial charge < -0.3 is 15.3 Å². The predicted octanol–water partition coefficient (Wildman–Crippen LogP) is 1.26. The van der Waals surface area contributed by atoms with Crippen LogP contribution in [0.25, 0.3) is 0 Å². The molecule has 19 heavy (non-hydrogen) atoms. The fraction of sp³-hybridized carbons (Fsp3) is 0.714. The topological polar surface area (TPSA) is 69.6 Å². The molecule has 0 aromatic rings. The molecule has 1 heterocycles. The van der Waals surface area contributed by atoms with Gasteiger partial charge in [-0.15, -0.1) is 0 Å². The van der Waals surface area contributed by atoms with E-state index in [2.05, 4.69) is 17.3 Å². The van der Waals surface area contributed by atoms with E-state index >= 15 is 0 Å². The van der Waals surface area contributed by atoms with Crippen LogP contribution in [-0.4, -0.2) is 48.6 Å². The molecule has 1 saturated heterocycles. The molecule has 2 N–H and O–H groups in total. The normalized spacial score (nSPS) is 18.9. The number of aliphatic carboxylic acids is 1. The van der Waals surface area contributed by atoms with Gasteiger partial charge in [0.2, 0.25) is 5.91 Å². The van der Waals surface area contributed by atoms with Crippen molar-refractivity contribution in [1.29, 1.82) is 0 Å². The summed E-state index contributed by atoms with van der Waals surface area (Å²) in [6.45, 7) is 5.87. The molecule has 0 aliphatic carbocycles. The Bertz CT molecular complexity index is 369. The lowest BCUT2D eigenvalue weighted by atomic mass is 9.94. The molecule has 0 atom stereocenters. The number of nitrogens with one attached hydrogen (secondary N) is 1. The number of likely N-dealkylation sites (tertiary alicyclic amines) is 1. The second-order valence-electron chi connectivity index (χ2n) is 5.35. The van der Waals surface area contributed by atoms with Crippen molar-refractivity contribution in [1.82, 2.24) is 10.2 Å². The zero-order chi connectivity index (χ0) is 14.4. The van der Waals surface area contributed by atoms with Gasteiger partial charge in [-0.25, -0.2) is 4.79 Å². The zero-order valence-electron chi connectivity index (χ0n) is 12.0. The van der Waals surface area contributed by atoms with Crippen molar-refractivity contribution in [2.75, 3.05) is 26.7 Å². The van der Waals surface area contributed by atoms with Gasteiger partial charge in [-0.05, 0) is 59.2 Å². The fourth-order valence-corrected chi connectivity index (χ4v) is 2.20. The standard InChI is InChI=1S/C14H24N2O3/c1-10(11(2)14(18)19)13(17)15-7-4-12-5-8-16(3)9-6-12/h12H,4-9H2,1-3H3,(H,15,17)(H,18,19). The third kappa shape index (κ3) is 5.03. The minimum atomic E-state index is -1.04. The predicted molar refractivity (Wildman–Crippen MR) is 73.9 cm³/mol. The lowest BCUT2D eigenvalue weighted by molar-refractivity contribution is -0.133. The van der Waals surface area contributed by atoms with E-state index in [1.165, 1.54) is 19.8 Å². The van der Waals surface area contributed by atoms with Gasteiger partial charge in [-0.3, -0.25) is 4.79 Å². The Morgan fingerprint density at radius 2 is 1.79 bits per heavy atom. The highest BCUT2D eigenvalue weighted by Gasteiger charge is 2.17. The number of hydrogen-bond donors (Lipinski definition) is 2. The first-order valence-electron chi connectivity index (χ1n) is 6.79. The molecule has 0 radical (unpaired) electrons. The summed E-state index contributed by atoms with van der Waals surface area (Å²) in [6, 6.07) is 0. The molecule has 1 fully saturated rings. The maximum atomic E-state index is 11.7. The number of rotatable bonds is 5. The van der Waals surface area contributed by atoms with E-state index in [1.54, 1.807) is 6.92 Å². The van der Waals surface area contributed by atoms with Gasteiger partial charge in [0.05, 0.1) is 0 Å². The highest BCUT2D eigenvalue weighted by atomic mass is 16.4. The largest absolute Gasteiger partial charge is 0.478 e. The summed E-state index contributed by atoms with van der Waals surface area (Å²) in [5.41, 5.74) is 0.396. The van der Waals surface area contributed by atoms with Crippen LogP contribution in [0.5, 0.6) is 0 Å². The molecule has 1 aliphatic heterocycles. The summed E-state index contributed by atoms with van der Waals surface area (Å²) in [6.07, 6.45) is 3.32. The molecule has 0 aromatic carbocycles. The SMILES string of the molecule is CC(C(=O)O)=C(C)C(=O)NCCC1CCN(C)CC1. The maximum absolute atomic E-state index is 11.7. The summed E-state index contributed by atoms with van der Waals surface area (Å²) >= 11 is 0. The highest BCUT2D eigenvalue weighted by Crippen LogP contribution is 2.18. The quantitative estimate of drug-likeness (QED) is 0.736. The number of nitrogens with zero attached hydrogens (tertiary/aromatic N) is 1. The van der Waals surface area contributed by atoms with Crippen molar-refractivity contribution in [3.8, 4) is 0 Å². The second-order valence-corrected chi connectivity index (χ2v) is 5.35. The van der Waals surface area contributed by atoms with E-state index in [4.69, 9.17) is 5.11 Å². The molecule has 1 rings (SSSR count). The van der Waals surface area contributed by atoms with Gasteiger partial charge in [0.15, 0.2) is 0 Å². The minimum Gasteiger partial charge on any atom is -0.478 e. The van der Waals surface area contributed by atoms with Crippen LogP contribution in [0.4, 0.5) is 0 Å². The van der Waals surface area contributed by atoms with Crippen LogP contribution in [-0.2, 0) is 9.59 Å². The zero-order valence-corrected chi connectivity index (χ0v) is 12.0. The number of carbonyl (C=O) groups excluding carboxylic acids is 1. The molecule has 0 saturated carbocycles. The monoisotopic (exact) mass is 268 g/mol. The first-order valence-corrected chi connectivity index (χ1v) is 6.79. The molecule has 5 nitrogen and oxygen atoms in total. The Labute approximate surface area is 114 Å². The van der Waals surface area contributed by atoms with Crippen molar-refractivity contribution in [3.05, 3.63) is 11.1 Å². The Morgan fingerprint density at radius 3 is 2.32 bits per heavy atom. The molecule has 5 heteroatoms. The van der Waals surface area contributed by atoms with Gasteiger partial charge in [-0.1, -0.05) is 0 Å². The van der Waals surface area contributed by atoms with Gasteiger partial charge >= 0.3 is 5.97 Å². The van der Waals surface area contributed by atoms with Crippen molar-refractivity contribution in [3.63, 3.8) is 0 Å². The molecule has 0 spiro atoms. The molecule has 1 aliphatic rings. The van der Waals surface area contributed by atoms with Gasteiger partial charge in [0, 0.05) is 17.7 Å². The van der Waals surface area contributed by atoms with Gasteiger partial charge in [0.25, 0.3) is 0 Å². The first kappa shape index (κ1) is 15.7. The molecule has 108 valence electrons. The average molecular weight is 268 g/mol. The highest BCUT2D eigenvalue weighted by molar-refractivity contribution is 6.01. The lowest BCUT2D eigenvalue weighted by Crippen LogP contribution is -2.33. The lowest BCUT2D eigenvalue weighted by Gasteiger charge is -2.28. The van der Waals surface area contributed by atoms with Crippen LogP contribution < -0.4 is 5.32 Å². The second kappa shape index (κ2) is 7.28. The van der Waals surface area contributed by atoms with Crippen molar-refractivity contribution in [2.45, 2.75) is 33.1 Å². The van der Waals surface area contributed by atoms with Gasteiger partial charge in [-0.2, -0.15) is 0 Å². The van der Waals surface area contributed by atoms with Crippen molar-refractivity contribution >= 4 is 11.9 Å². The molecule has 1 amide bonds. The Balaban J connectivity index is 2.31. The summed E-state index contributed by atoms with van der Waals surface area (Å²) in [5, 5.41) is 11.6. The van der Waals surface area contributed by atoms with Crippen LogP contribution >= 0.6 is 0 Å². The smallest absolute Gasteiger partial charge is 0.331 e. The minimum absolute atomic E-state index is 0.108. The van der Waals surface area contributed by atoms with Crippen LogP contribution in [0, 0.1) is 5.92 Å². The van der Waals surface area contributed by atoms with E-state index in [0.29, 0.717) is 12.5 Å². The summed E-state index contributed by atoms with van der Waals surface area (Å²) in [5.74, 6) is -0.642. The summed E-state index contributed by atoms with van der Waals surface area (Å²) < 4.78 is 0. The third-order valence-electron chi connectivity index (χ3n) is 3.90. The third-order valence-corrected chi connectivity index (χ3v) is 3.90. The Hall–Kier alpha value is -1.36. The van der Waals surface area contributed by atoms with E-state index in [9.17, 15) is 9.59 Å². The number of carbonyl (C=O) groups is 2. The average Bonchev–Trinajstić information content (AvgIpc) is 2.39. The van der Waals surface area contributed by atoms with E-state index in [-0.39, 0.29) is 17.1 Å². The maximum Gasteiger partial charge on any atom is 0.331 e. The Morgan fingerprint density at radius 1 is 1.21 bits per heavy atom. The number of amides is 1. The van der Waals surface area contributed by atoms with Crippen molar-refractivity contribution < 1.29 is 14.7 Å². The van der Waals surface area contributed by atoms with Crippen LogP contribution in [0.15, 0.2) is 11.1 Å². The van der Waals surface area contributed by atoms with Gasteiger partial charge in [0.1, 0.15) is 0 Å². The van der Waals surface area contributed by atoms with Crippen LogP contribution in [0.1, 0.15) is 33.1 Å². The van der Waals surface area contributed by atoms with Crippen LogP contribution in [0.3, 0.4) is 0 Å². The summed E-state index contributed by atoms with van der Waals surface area (Å²) in [7, 11) is 2.13. The molecule has 0 aromatic heterocycles. The first-order chi connectivity index (χ1) is 8.91. The van der Waals surface area contributed by atoms with E-state index in [1.807, 2.05) is 0 Å². The number of carboxylic acids is 1. The van der Waals surface area contributed by atoms with Crippen molar-refractivity contribution in [2.24, 2.45) is 5.92 Å². The molecule has 0 unspecified atom stereocenters.